The summed E-state index contributed by atoms with van der Waals surface area (Å²) in [5, 5.41) is 2.79. The lowest BCUT2D eigenvalue weighted by Crippen LogP contribution is -2.41. The Kier molecular flexibility index (Phi) is 6.04. The maximum absolute atomic E-state index is 12.7. The summed E-state index contributed by atoms with van der Waals surface area (Å²) >= 11 is 0. The summed E-state index contributed by atoms with van der Waals surface area (Å²) in [5.74, 6) is 1.33. The van der Waals surface area contributed by atoms with Crippen molar-refractivity contribution in [2.24, 2.45) is 0 Å². The molecule has 2 aromatic carbocycles. The van der Waals surface area contributed by atoms with Gasteiger partial charge in [-0.15, -0.1) is 0 Å². The van der Waals surface area contributed by atoms with E-state index in [1.807, 2.05) is 42.0 Å². The number of nitrogens with one attached hydrogen (secondary N) is 1. The van der Waals surface area contributed by atoms with Crippen LogP contribution in [0.25, 0.3) is 5.69 Å². The Morgan fingerprint density at radius 1 is 1.16 bits per heavy atom. The molecule has 1 aliphatic rings. The van der Waals surface area contributed by atoms with E-state index in [0.717, 1.165) is 21.4 Å². The van der Waals surface area contributed by atoms with Gasteiger partial charge in [0, 0.05) is 30.7 Å². The van der Waals surface area contributed by atoms with Gasteiger partial charge in [-0.1, -0.05) is 12.1 Å². The highest BCUT2D eigenvalue weighted by Gasteiger charge is 2.25. The van der Waals surface area contributed by atoms with Crippen LogP contribution < -0.4 is 19.1 Å². The van der Waals surface area contributed by atoms with E-state index in [9.17, 15) is 13.2 Å². The molecule has 0 bridgehead atoms. The number of anilines is 1. The number of fused-ring (bicyclic) bond motifs is 1. The van der Waals surface area contributed by atoms with E-state index in [1.54, 1.807) is 24.4 Å². The molecule has 0 atom stereocenters. The van der Waals surface area contributed by atoms with E-state index >= 15 is 0 Å². The number of nitrogens with zero attached hydrogens (tertiary/aromatic N) is 3. The second kappa shape index (κ2) is 8.91. The molecule has 9 nitrogen and oxygen atoms in total. The maximum Gasteiger partial charge on any atom is 0.241 e. The van der Waals surface area contributed by atoms with E-state index < -0.39 is 15.9 Å². The molecule has 0 fully saturated rings. The zero-order valence-corrected chi connectivity index (χ0v) is 18.6. The highest BCUT2D eigenvalue weighted by atomic mass is 32.2. The maximum atomic E-state index is 12.7. The van der Waals surface area contributed by atoms with Crippen LogP contribution in [-0.2, 0) is 21.4 Å². The second-order valence-corrected chi connectivity index (χ2v) is 9.41. The van der Waals surface area contributed by atoms with Crippen molar-refractivity contribution in [1.82, 2.24) is 14.9 Å². The fourth-order valence-corrected chi connectivity index (χ4v) is 4.42. The van der Waals surface area contributed by atoms with Crippen LogP contribution in [0.15, 0.2) is 54.9 Å². The van der Waals surface area contributed by atoms with Crippen molar-refractivity contribution in [3.8, 4) is 17.2 Å². The van der Waals surface area contributed by atoms with Crippen LogP contribution in [0.4, 0.5) is 5.69 Å². The van der Waals surface area contributed by atoms with Crippen molar-refractivity contribution in [1.29, 1.82) is 0 Å². The molecule has 32 heavy (non-hydrogen) atoms. The number of aryl methyl sites for hydroxylation is 1. The third-order valence-electron chi connectivity index (χ3n) is 5.16. The molecule has 1 N–H and O–H groups in total. The highest BCUT2D eigenvalue weighted by Crippen LogP contribution is 2.36. The van der Waals surface area contributed by atoms with Gasteiger partial charge in [0.25, 0.3) is 0 Å². The van der Waals surface area contributed by atoms with Gasteiger partial charge in [-0.2, -0.15) is 0 Å². The van der Waals surface area contributed by atoms with Crippen LogP contribution in [0.5, 0.6) is 11.5 Å². The van der Waals surface area contributed by atoms with Gasteiger partial charge < -0.3 is 19.4 Å². The van der Waals surface area contributed by atoms with Gasteiger partial charge >= 0.3 is 0 Å². The van der Waals surface area contributed by atoms with Crippen LogP contribution in [-0.4, -0.2) is 43.0 Å². The first-order valence-corrected chi connectivity index (χ1v) is 11.7. The molecule has 1 aromatic heterocycles. The minimum absolute atomic E-state index is 0.0823. The first-order chi connectivity index (χ1) is 15.4. The lowest BCUT2D eigenvalue weighted by Gasteiger charge is -2.23. The molecule has 0 spiro atoms. The number of hydrogen-bond acceptors (Lipinski definition) is 6. The van der Waals surface area contributed by atoms with Crippen molar-refractivity contribution in [3.05, 3.63) is 66.2 Å². The zero-order chi connectivity index (χ0) is 22.7. The molecular weight excluding hydrogens is 432 g/mol. The average molecular weight is 457 g/mol. The molecule has 0 radical (unpaired) electrons. The molecule has 168 valence electrons. The van der Waals surface area contributed by atoms with Gasteiger partial charge in [-0.3, -0.25) is 9.10 Å². The minimum Gasteiger partial charge on any atom is -0.454 e. The first-order valence-electron chi connectivity index (χ1n) is 10.1. The topological polar surface area (TPSA) is 103 Å². The van der Waals surface area contributed by atoms with Gasteiger partial charge in [-0.05, 0) is 43.7 Å². The molecule has 0 saturated carbocycles. The fourth-order valence-electron chi connectivity index (χ4n) is 3.36. The van der Waals surface area contributed by atoms with Gasteiger partial charge in [0.15, 0.2) is 11.5 Å². The fraction of sp³-hybridized carbons (Fsp3) is 0.273. The summed E-state index contributed by atoms with van der Waals surface area (Å²) in [6.45, 7) is 3.49. The first kappa shape index (κ1) is 21.7. The molecule has 1 aliphatic heterocycles. The molecule has 0 aliphatic carbocycles. The summed E-state index contributed by atoms with van der Waals surface area (Å²) < 4.78 is 39.0. The number of benzene rings is 2. The Morgan fingerprint density at radius 2 is 1.91 bits per heavy atom. The molecule has 10 heteroatoms. The number of imidazole rings is 1. The van der Waals surface area contributed by atoms with Crippen molar-refractivity contribution in [2.45, 2.75) is 20.4 Å². The van der Waals surface area contributed by atoms with E-state index in [-0.39, 0.29) is 25.6 Å². The van der Waals surface area contributed by atoms with Gasteiger partial charge in [-0.25, -0.2) is 13.4 Å². The van der Waals surface area contributed by atoms with Crippen molar-refractivity contribution in [2.75, 3.05) is 23.4 Å². The lowest BCUT2D eigenvalue weighted by atomic mass is 10.2. The predicted molar refractivity (Wildman–Crippen MR) is 120 cm³/mol. The highest BCUT2D eigenvalue weighted by molar-refractivity contribution is 7.92. The van der Waals surface area contributed by atoms with Crippen LogP contribution in [0.2, 0.25) is 0 Å². The van der Waals surface area contributed by atoms with Crippen LogP contribution in [0, 0.1) is 6.92 Å². The normalized spacial score (nSPS) is 12.6. The van der Waals surface area contributed by atoms with Gasteiger partial charge in [0.2, 0.25) is 22.7 Å². The quantitative estimate of drug-likeness (QED) is 0.558. The summed E-state index contributed by atoms with van der Waals surface area (Å²) in [6, 6.07) is 12.5. The Balaban J connectivity index is 1.43. The molecule has 3 aromatic rings. The second-order valence-electron chi connectivity index (χ2n) is 7.23. The average Bonchev–Trinajstić information content (AvgIpc) is 3.44. The monoisotopic (exact) mass is 456 g/mol. The molecule has 0 saturated heterocycles. The van der Waals surface area contributed by atoms with E-state index in [4.69, 9.17) is 9.47 Å². The number of rotatable bonds is 8. The summed E-state index contributed by atoms with van der Waals surface area (Å²) in [5.41, 5.74) is 2.22. The Hall–Kier alpha value is -3.53. The molecule has 0 unspecified atom stereocenters. The smallest absolute Gasteiger partial charge is 0.241 e. The van der Waals surface area contributed by atoms with E-state index in [2.05, 4.69) is 10.3 Å². The standard InChI is InChI=1S/C22H24N4O5S/c1-3-32(28,29)26(19-8-9-20-21(12-19)31-15-30-20)14-22(27)24-13-17-4-6-18(7-5-17)25-11-10-23-16(25)2/h4-12H,3,13-15H2,1-2H3,(H,24,27). The number of amides is 1. The zero-order valence-electron chi connectivity index (χ0n) is 17.8. The molecule has 1 amide bonds. The van der Waals surface area contributed by atoms with Gasteiger partial charge in [0.1, 0.15) is 12.4 Å². The number of ether oxygens (including phenoxy) is 2. The number of aromatic nitrogens is 2. The predicted octanol–water partition coefficient (Wildman–Crippen LogP) is 2.38. The van der Waals surface area contributed by atoms with Crippen molar-refractivity contribution < 1.29 is 22.7 Å². The lowest BCUT2D eigenvalue weighted by molar-refractivity contribution is -0.119. The van der Waals surface area contributed by atoms with Crippen LogP contribution >= 0.6 is 0 Å². The van der Waals surface area contributed by atoms with Crippen LogP contribution in [0.1, 0.15) is 18.3 Å². The summed E-state index contributed by atoms with van der Waals surface area (Å²) in [7, 11) is -3.68. The Labute approximate surface area is 186 Å². The van der Waals surface area contributed by atoms with Crippen LogP contribution in [0.3, 0.4) is 0 Å². The molecule has 2 heterocycles. The summed E-state index contributed by atoms with van der Waals surface area (Å²) in [4.78, 5) is 16.8. The third kappa shape index (κ3) is 4.54. The van der Waals surface area contributed by atoms with Crippen molar-refractivity contribution in [3.63, 3.8) is 0 Å². The number of hydrogen-bond donors (Lipinski definition) is 1. The van der Waals surface area contributed by atoms with Gasteiger partial charge in [0.05, 0.1) is 11.4 Å². The SMILES string of the molecule is CCS(=O)(=O)N(CC(=O)NCc1ccc(-n2ccnc2C)cc1)c1ccc2c(c1)OCO2. The Morgan fingerprint density at radius 3 is 2.59 bits per heavy atom. The number of carbonyl (C=O) groups excluding carboxylic acids is 1. The van der Waals surface area contributed by atoms with Crippen molar-refractivity contribution >= 4 is 21.6 Å². The van der Waals surface area contributed by atoms with E-state index in [0.29, 0.717) is 17.2 Å². The molecule has 4 rings (SSSR count). The third-order valence-corrected chi connectivity index (χ3v) is 6.90. The Bertz CT molecular complexity index is 1220. The minimum atomic E-state index is -3.68. The summed E-state index contributed by atoms with van der Waals surface area (Å²) in [6.07, 6.45) is 3.62. The molecular formula is C22H24N4O5S. The number of sulfonamides is 1. The number of carbonyl (C=O) groups is 1. The largest absolute Gasteiger partial charge is 0.454 e. The van der Waals surface area contributed by atoms with E-state index in [1.165, 1.54) is 6.92 Å².